The van der Waals surface area contributed by atoms with Crippen LogP contribution in [-0.2, 0) is 6.18 Å². The van der Waals surface area contributed by atoms with Crippen molar-refractivity contribution in [3.8, 4) is 5.69 Å². The van der Waals surface area contributed by atoms with Crippen LogP contribution in [0.15, 0.2) is 24.4 Å². The highest BCUT2D eigenvalue weighted by Crippen LogP contribution is 2.42. The summed E-state index contributed by atoms with van der Waals surface area (Å²) in [4.78, 5) is 3.73. The number of imidazole rings is 1. The molecule has 0 atom stereocenters. The van der Waals surface area contributed by atoms with E-state index in [-0.39, 0.29) is 11.3 Å². The standard InChI is InChI=1S/C14H10F4N4/c15-12-9-5-8(3-4-10(9)20-21-12)22-6-11(14(16,17)18)19-13(22)7-1-2-7/h3-7H,1-2H2,(H,20,21). The van der Waals surface area contributed by atoms with Gasteiger partial charge in [-0.05, 0) is 31.0 Å². The fourth-order valence-electron chi connectivity index (χ4n) is 2.48. The van der Waals surface area contributed by atoms with Crippen molar-refractivity contribution in [2.45, 2.75) is 24.9 Å². The van der Waals surface area contributed by atoms with Gasteiger partial charge in [0.2, 0.25) is 5.95 Å². The number of aromatic amines is 1. The molecule has 1 aliphatic carbocycles. The smallest absolute Gasteiger partial charge is 0.303 e. The first-order valence-electron chi connectivity index (χ1n) is 6.74. The number of benzene rings is 1. The van der Waals surface area contributed by atoms with E-state index in [1.807, 2.05) is 0 Å². The zero-order chi connectivity index (χ0) is 15.5. The summed E-state index contributed by atoms with van der Waals surface area (Å²) in [7, 11) is 0. The van der Waals surface area contributed by atoms with Gasteiger partial charge in [0.05, 0.1) is 10.9 Å². The van der Waals surface area contributed by atoms with E-state index in [2.05, 4.69) is 15.2 Å². The van der Waals surface area contributed by atoms with Crippen molar-refractivity contribution in [1.29, 1.82) is 0 Å². The van der Waals surface area contributed by atoms with E-state index >= 15 is 0 Å². The third kappa shape index (κ3) is 2.06. The van der Waals surface area contributed by atoms with E-state index in [1.54, 1.807) is 12.1 Å². The van der Waals surface area contributed by atoms with E-state index in [9.17, 15) is 17.6 Å². The first-order chi connectivity index (χ1) is 10.4. The number of nitrogens with one attached hydrogen (secondary N) is 1. The van der Waals surface area contributed by atoms with Crippen molar-refractivity contribution in [2.24, 2.45) is 0 Å². The summed E-state index contributed by atoms with van der Waals surface area (Å²) in [5.41, 5.74) is -0.0646. The van der Waals surface area contributed by atoms with Crippen LogP contribution in [0.2, 0.25) is 0 Å². The van der Waals surface area contributed by atoms with Crippen molar-refractivity contribution in [2.75, 3.05) is 0 Å². The van der Waals surface area contributed by atoms with E-state index < -0.39 is 17.8 Å². The summed E-state index contributed by atoms with van der Waals surface area (Å²) in [6.07, 6.45) is -1.90. The van der Waals surface area contributed by atoms with E-state index in [4.69, 9.17) is 0 Å². The molecule has 8 heteroatoms. The molecular formula is C14H10F4N4. The molecule has 2 heterocycles. The molecule has 4 nitrogen and oxygen atoms in total. The molecule has 3 aromatic rings. The Hall–Kier alpha value is -2.38. The largest absolute Gasteiger partial charge is 0.434 e. The molecule has 1 fully saturated rings. The zero-order valence-corrected chi connectivity index (χ0v) is 11.2. The maximum Gasteiger partial charge on any atom is 0.434 e. The number of nitrogens with zero attached hydrogens (tertiary/aromatic N) is 3. The van der Waals surface area contributed by atoms with Crippen LogP contribution in [-0.4, -0.2) is 19.7 Å². The fraction of sp³-hybridized carbons (Fsp3) is 0.286. The van der Waals surface area contributed by atoms with Crippen molar-refractivity contribution in [1.82, 2.24) is 19.7 Å². The highest BCUT2D eigenvalue weighted by Gasteiger charge is 2.38. The minimum atomic E-state index is -4.50. The van der Waals surface area contributed by atoms with E-state index in [0.717, 1.165) is 19.0 Å². The molecule has 0 saturated heterocycles. The number of fused-ring (bicyclic) bond motifs is 1. The van der Waals surface area contributed by atoms with Crippen LogP contribution in [0.4, 0.5) is 17.6 Å². The van der Waals surface area contributed by atoms with Gasteiger partial charge in [0.1, 0.15) is 5.82 Å². The third-order valence-electron chi connectivity index (χ3n) is 3.74. The van der Waals surface area contributed by atoms with Crippen molar-refractivity contribution in [3.63, 3.8) is 0 Å². The van der Waals surface area contributed by atoms with Crippen LogP contribution in [0.5, 0.6) is 0 Å². The van der Waals surface area contributed by atoms with Gasteiger partial charge >= 0.3 is 6.18 Å². The first kappa shape index (κ1) is 13.3. The van der Waals surface area contributed by atoms with Gasteiger partial charge in [0.25, 0.3) is 0 Å². The van der Waals surface area contributed by atoms with Crippen LogP contribution < -0.4 is 0 Å². The van der Waals surface area contributed by atoms with Gasteiger partial charge in [-0.1, -0.05) is 0 Å². The molecule has 0 bridgehead atoms. The Morgan fingerprint density at radius 2 is 2.00 bits per heavy atom. The van der Waals surface area contributed by atoms with Crippen LogP contribution in [0.3, 0.4) is 0 Å². The third-order valence-corrected chi connectivity index (χ3v) is 3.74. The number of alkyl halides is 3. The Balaban J connectivity index is 1.89. The van der Waals surface area contributed by atoms with Crippen LogP contribution >= 0.6 is 0 Å². The van der Waals surface area contributed by atoms with Gasteiger partial charge < -0.3 is 4.57 Å². The van der Waals surface area contributed by atoms with E-state index in [1.165, 1.54) is 10.6 Å². The molecule has 0 unspecified atom stereocenters. The quantitative estimate of drug-likeness (QED) is 0.732. The molecule has 1 aromatic carbocycles. The van der Waals surface area contributed by atoms with Gasteiger partial charge in [0.15, 0.2) is 5.69 Å². The normalized spacial score (nSPS) is 15.6. The maximum atomic E-state index is 13.6. The number of H-pyrrole nitrogens is 1. The Bertz CT molecular complexity index is 857. The monoisotopic (exact) mass is 310 g/mol. The Morgan fingerprint density at radius 3 is 2.68 bits per heavy atom. The Morgan fingerprint density at radius 1 is 1.23 bits per heavy atom. The lowest BCUT2D eigenvalue weighted by atomic mass is 10.2. The molecule has 0 radical (unpaired) electrons. The van der Waals surface area contributed by atoms with Gasteiger partial charge in [-0.2, -0.15) is 22.7 Å². The number of halogens is 4. The topological polar surface area (TPSA) is 46.5 Å². The van der Waals surface area contributed by atoms with Crippen molar-refractivity contribution < 1.29 is 17.6 Å². The van der Waals surface area contributed by atoms with E-state index in [0.29, 0.717) is 17.0 Å². The van der Waals surface area contributed by atoms with Crippen LogP contribution in [0.25, 0.3) is 16.6 Å². The molecule has 4 rings (SSSR count). The molecule has 1 aliphatic rings. The summed E-state index contributed by atoms with van der Waals surface area (Å²) in [5, 5.41) is 6.21. The molecule has 0 spiro atoms. The van der Waals surface area contributed by atoms with Crippen molar-refractivity contribution in [3.05, 3.63) is 41.9 Å². The minimum absolute atomic E-state index is 0.0287. The number of hydrogen-bond donors (Lipinski definition) is 1. The summed E-state index contributed by atoms with van der Waals surface area (Å²) < 4.78 is 53.7. The number of hydrogen-bond acceptors (Lipinski definition) is 2. The average molecular weight is 310 g/mol. The summed E-state index contributed by atoms with van der Waals surface area (Å²) in [6, 6.07) is 4.65. The molecule has 1 N–H and O–H groups in total. The molecule has 2 aromatic heterocycles. The lowest BCUT2D eigenvalue weighted by Crippen LogP contribution is -2.05. The number of aromatic nitrogens is 4. The summed E-state index contributed by atoms with van der Waals surface area (Å²) in [6.45, 7) is 0. The van der Waals surface area contributed by atoms with Gasteiger partial charge in [0, 0.05) is 17.8 Å². The van der Waals surface area contributed by atoms with Gasteiger partial charge in [-0.3, -0.25) is 5.10 Å². The average Bonchev–Trinajstić information content (AvgIpc) is 3.10. The predicted octanol–water partition coefficient (Wildman–Crippen LogP) is 3.78. The predicted molar refractivity (Wildman–Crippen MR) is 70.2 cm³/mol. The second-order valence-electron chi connectivity index (χ2n) is 5.37. The second kappa shape index (κ2) is 4.31. The second-order valence-corrected chi connectivity index (χ2v) is 5.37. The molecule has 0 amide bonds. The van der Waals surface area contributed by atoms with Gasteiger partial charge in [-0.15, -0.1) is 0 Å². The Labute approximate surface area is 121 Å². The lowest BCUT2D eigenvalue weighted by Gasteiger charge is -2.06. The highest BCUT2D eigenvalue weighted by atomic mass is 19.4. The summed E-state index contributed by atoms with van der Waals surface area (Å²) >= 11 is 0. The van der Waals surface area contributed by atoms with Gasteiger partial charge in [-0.25, -0.2) is 4.98 Å². The van der Waals surface area contributed by atoms with Crippen LogP contribution in [0, 0.1) is 5.95 Å². The van der Waals surface area contributed by atoms with Crippen molar-refractivity contribution >= 4 is 10.9 Å². The first-order valence-corrected chi connectivity index (χ1v) is 6.74. The van der Waals surface area contributed by atoms with Crippen LogP contribution in [0.1, 0.15) is 30.3 Å². The molecule has 0 aliphatic heterocycles. The molecule has 114 valence electrons. The molecular weight excluding hydrogens is 300 g/mol. The zero-order valence-electron chi connectivity index (χ0n) is 11.2. The SMILES string of the molecule is Fc1[nH]nc2ccc(-n3cc(C(F)(F)F)nc3C3CC3)cc12. The fourth-order valence-corrected chi connectivity index (χ4v) is 2.48. The maximum absolute atomic E-state index is 13.6. The lowest BCUT2D eigenvalue weighted by molar-refractivity contribution is -0.141. The Kier molecular flexibility index (Phi) is 2.60. The molecule has 22 heavy (non-hydrogen) atoms. The summed E-state index contributed by atoms with van der Waals surface area (Å²) in [5.74, 6) is -0.211. The molecule has 1 saturated carbocycles. The number of rotatable bonds is 2. The highest BCUT2D eigenvalue weighted by molar-refractivity contribution is 5.80. The minimum Gasteiger partial charge on any atom is -0.303 e.